The Kier molecular flexibility index (Phi) is 4.42. The number of carbonyl (C=O) groups is 1. The lowest BCUT2D eigenvalue weighted by Crippen LogP contribution is -2.62. The van der Waals surface area contributed by atoms with E-state index in [9.17, 15) is 13.6 Å². The Hall–Kier alpha value is -1.69. The maximum absolute atomic E-state index is 13.5. The highest BCUT2D eigenvalue weighted by Gasteiger charge is 2.38. The summed E-state index contributed by atoms with van der Waals surface area (Å²) in [6.07, 6.45) is 1.55. The minimum atomic E-state index is -0.791. The third kappa shape index (κ3) is 4.40. The molecule has 0 unspecified atom stereocenters. The van der Waals surface area contributed by atoms with E-state index in [1.165, 1.54) is 6.07 Å². The minimum absolute atomic E-state index is 0.0187. The lowest BCUT2D eigenvalue weighted by Gasteiger charge is -2.46. The zero-order chi connectivity index (χ0) is 16.5. The van der Waals surface area contributed by atoms with Crippen molar-refractivity contribution in [3.05, 3.63) is 29.8 Å². The average molecular weight is 311 g/mol. The van der Waals surface area contributed by atoms with E-state index in [1.807, 2.05) is 0 Å². The molecule has 0 aliphatic carbocycles. The van der Waals surface area contributed by atoms with Gasteiger partial charge >= 0.3 is 6.03 Å². The van der Waals surface area contributed by atoms with Crippen molar-refractivity contribution in [3.63, 3.8) is 0 Å². The molecule has 0 radical (unpaired) electrons. The van der Waals surface area contributed by atoms with Crippen LogP contribution in [0.2, 0.25) is 0 Å². The largest absolute Gasteiger partial charge is 0.335 e. The summed E-state index contributed by atoms with van der Waals surface area (Å²) in [6, 6.07) is 2.56. The third-order valence-corrected chi connectivity index (χ3v) is 3.70. The van der Waals surface area contributed by atoms with E-state index in [0.29, 0.717) is 0 Å². The van der Waals surface area contributed by atoms with Crippen LogP contribution in [-0.2, 0) is 0 Å². The third-order valence-electron chi connectivity index (χ3n) is 3.70. The number of piperidine rings is 1. The number of urea groups is 1. The molecule has 0 spiro atoms. The molecule has 0 saturated carbocycles. The fraction of sp³-hybridized carbons (Fsp3) is 0.562. The molecule has 1 aliphatic rings. The number of halogens is 2. The Labute approximate surface area is 129 Å². The first kappa shape index (κ1) is 16.7. The van der Waals surface area contributed by atoms with Crippen molar-refractivity contribution >= 4 is 11.7 Å². The number of benzene rings is 1. The second-order valence-electron chi connectivity index (χ2n) is 7.22. The topological polar surface area (TPSA) is 53.2 Å². The van der Waals surface area contributed by atoms with Crippen molar-refractivity contribution in [3.8, 4) is 0 Å². The molecule has 3 N–H and O–H groups in total. The van der Waals surface area contributed by atoms with Gasteiger partial charge in [-0.25, -0.2) is 13.6 Å². The summed E-state index contributed by atoms with van der Waals surface area (Å²) >= 11 is 0. The standard InChI is InChI=1S/C16H23F2N3O/c1-15(2)8-11(9-16(3,4)21-15)19-14(22)20-13-6-5-10(17)7-12(13)18/h5-7,11,21H,8-9H2,1-4H3,(H2,19,20,22). The zero-order valence-electron chi connectivity index (χ0n) is 13.4. The summed E-state index contributed by atoms with van der Waals surface area (Å²) in [4.78, 5) is 12.0. The van der Waals surface area contributed by atoms with E-state index >= 15 is 0 Å². The maximum Gasteiger partial charge on any atom is 0.319 e. The van der Waals surface area contributed by atoms with Crippen LogP contribution < -0.4 is 16.0 Å². The summed E-state index contributed by atoms with van der Waals surface area (Å²) in [6.45, 7) is 8.33. The predicted octanol–water partition coefficient (Wildman–Crippen LogP) is 3.40. The smallest absolute Gasteiger partial charge is 0.319 e. The Morgan fingerprint density at radius 1 is 1.18 bits per heavy atom. The number of nitrogens with one attached hydrogen (secondary N) is 3. The fourth-order valence-corrected chi connectivity index (χ4v) is 3.36. The Morgan fingerprint density at radius 2 is 1.77 bits per heavy atom. The Balaban J connectivity index is 1.99. The summed E-state index contributed by atoms with van der Waals surface area (Å²) in [5.41, 5.74) is -0.229. The van der Waals surface area contributed by atoms with Crippen LogP contribution in [0, 0.1) is 11.6 Å². The van der Waals surface area contributed by atoms with E-state index in [-0.39, 0.29) is 22.8 Å². The van der Waals surface area contributed by atoms with Crippen molar-refractivity contribution in [1.82, 2.24) is 10.6 Å². The lowest BCUT2D eigenvalue weighted by molar-refractivity contribution is 0.149. The van der Waals surface area contributed by atoms with Gasteiger partial charge in [-0.05, 0) is 52.7 Å². The molecule has 1 aromatic rings. The minimum Gasteiger partial charge on any atom is -0.335 e. The first-order chi connectivity index (χ1) is 10.1. The van der Waals surface area contributed by atoms with Crippen LogP contribution in [-0.4, -0.2) is 23.2 Å². The molecule has 2 amide bonds. The molecule has 4 nitrogen and oxygen atoms in total. The number of hydrogen-bond acceptors (Lipinski definition) is 2. The van der Waals surface area contributed by atoms with Crippen LogP contribution in [0.1, 0.15) is 40.5 Å². The zero-order valence-corrected chi connectivity index (χ0v) is 13.4. The van der Waals surface area contributed by atoms with Crippen molar-refractivity contribution < 1.29 is 13.6 Å². The molecule has 6 heteroatoms. The van der Waals surface area contributed by atoms with Gasteiger partial charge in [-0.1, -0.05) is 0 Å². The van der Waals surface area contributed by atoms with Crippen LogP contribution >= 0.6 is 0 Å². The van der Waals surface area contributed by atoms with E-state index in [1.54, 1.807) is 0 Å². The van der Waals surface area contributed by atoms with Crippen molar-refractivity contribution in [2.24, 2.45) is 0 Å². The molecule has 0 aromatic heterocycles. The molecule has 0 bridgehead atoms. The molecule has 1 aromatic carbocycles. The molecular weight excluding hydrogens is 288 g/mol. The van der Waals surface area contributed by atoms with Crippen molar-refractivity contribution in [1.29, 1.82) is 0 Å². The molecule has 0 atom stereocenters. The van der Waals surface area contributed by atoms with Gasteiger partial charge < -0.3 is 16.0 Å². The van der Waals surface area contributed by atoms with Crippen LogP contribution in [0.4, 0.5) is 19.3 Å². The average Bonchev–Trinajstić information content (AvgIpc) is 2.28. The number of hydrogen-bond donors (Lipinski definition) is 3. The number of carbonyl (C=O) groups excluding carboxylic acids is 1. The van der Waals surface area contributed by atoms with Crippen LogP contribution in [0.25, 0.3) is 0 Å². The monoisotopic (exact) mass is 311 g/mol. The first-order valence-electron chi connectivity index (χ1n) is 7.38. The SMILES string of the molecule is CC1(C)CC(NC(=O)Nc2ccc(F)cc2F)CC(C)(C)N1. The van der Waals surface area contributed by atoms with E-state index < -0.39 is 17.7 Å². The van der Waals surface area contributed by atoms with Crippen LogP contribution in [0.15, 0.2) is 18.2 Å². The lowest BCUT2D eigenvalue weighted by atomic mass is 9.80. The Morgan fingerprint density at radius 3 is 2.32 bits per heavy atom. The number of anilines is 1. The number of amides is 2. The summed E-state index contributed by atoms with van der Waals surface area (Å²) < 4.78 is 26.4. The van der Waals surface area contributed by atoms with Gasteiger partial charge in [0.05, 0.1) is 5.69 Å². The highest BCUT2D eigenvalue weighted by molar-refractivity contribution is 5.89. The van der Waals surface area contributed by atoms with Gasteiger partial charge in [-0.2, -0.15) is 0 Å². The van der Waals surface area contributed by atoms with E-state index in [2.05, 4.69) is 43.6 Å². The van der Waals surface area contributed by atoms with Gasteiger partial charge in [0.2, 0.25) is 0 Å². The molecule has 22 heavy (non-hydrogen) atoms. The van der Waals surface area contributed by atoms with Gasteiger partial charge in [-0.3, -0.25) is 0 Å². The second kappa shape index (κ2) is 5.83. The molecule has 2 rings (SSSR count). The van der Waals surface area contributed by atoms with Gasteiger partial charge in [0, 0.05) is 23.2 Å². The van der Waals surface area contributed by atoms with E-state index in [0.717, 1.165) is 25.0 Å². The normalized spacial score (nSPS) is 20.5. The first-order valence-corrected chi connectivity index (χ1v) is 7.38. The van der Waals surface area contributed by atoms with Crippen molar-refractivity contribution in [2.45, 2.75) is 57.7 Å². The molecule has 1 aliphatic heterocycles. The van der Waals surface area contributed by atoms with Gasteiger partial charge in [0.1, 0.15) is 11.6 Å². The highest BCUT2D eigenvalue weighted by atomic mass is 19.1. The maximum atomic E-state index is 13.5. The molecule has 122 valence electrons. The highest BCUT2D eigenvalue weighted by Crippen LogP contribution is 2.28. The van der Waals surface area contributed by atoms with Crippen molar-refractivity contribution in [2.75, 3.05) is 5.32 Å². The number of rotatable bonds is 2. The molecule has 1 saturated heterocycles. The quantitative estimate of drug-likeness (QED) is 0.784. The summed E-state index contributed by atoms with van der Waals surface area (Å²) in [5.74, 6) is -1.47. The Bertz CT molecular complexity index is 557. The van der Waals surface area contributed by atoms with Gasteiger partial charge in [0.15, 0.2) is 0 Å². The van der Waals surface area contributed by atoms with Crippen LogP contribution in [0.5, 0.6) is 0 Å². The second-order valence-corrected chi connectivity index (χ2v) is 7.22. The fourth-order valence-electron chi connectivity index (χ4n) is 3.36. The van der Waals surface area contributed by atoms with Gasteiger partial charge in [0.25, 0.3) is 0 Å². The summed E-state index contributed by atoms with van der Waals surface area (Å²) in [5, 5.41) is 8.82. The molecular formula is C16H23F2N3O. The van der Waals surface area contributed by atoms with E-state index in [4.69, 9.17) is 0 Å². The van der Waals surface area contributed by atoms with Gasteiger partial charge in [-0.15, -0.1) is 0 Å². The molecule has 1 heterocycles. The predicted molar refractivity (Wildman–Crippen MR) is 82.8 cm³/mol. The molecule has 1 fully saturated rings. The van der Waals surface area contributed by atoms with Crippen LogP contribution in [0.3, 0.4) is 0 Å². The summed E-state index contributed by atoms with van der Waals surface area (Å²) in [7, 11) is 0.